The summed E-state index contributed by atoms with van der Waals surface area (Å²) in [6, 6.07) is 17.8. The standard InChI is InChI=1S/C26H33N/c1-3-5-7-20-8-10-22(11-9-20)23-12-14-24(15-13-23)25-17-16-21(6-4-2)26(18-25)19-27/h12-18,20,22H,3-11H2,1-2H3/t20-,22-. The van der Waals surface area contributed by atoms with E-state index in [0.717, 1.165) is 35.8 Å². The van der Waals surface area contributed by atoms with E-state index in [1.807, 2.05) is 0 Å². The number of hydrogen-bond acceptors (Lipinski definition) is 1. The van der Waals surface area contributed by atoms with Crippen LogP contribution in [0.4, 0.5) is 0 Å². The number of nitrogens with zero attached hydrogens (tertiary/aromatic N) is 1. The van der Waals surface area contributed by atoms with Gasteiger partial charge in [0.2, 0.25) is 0 Å². The van der Waals surface area contributed by atoms with Gasteiger partial charge in [-0.2, -0.15) is 5.26 Å². The first-order chi connectivity index (χ1) is 13.2. The van der Waals surface area contributed by atoms with Crippen LogP contribution in [0.1, 0.15) is 87.8 Å². The van der Waals surface area contributed by atoms with E-state index in [0.29, 0.717) is 0 Å². The molecule has 0 unspecified atom stereocenters. The molecule has 0 spiro atoms. The maximum Gasteiger partial charge on any atom is 0.0994 e. The van der Waals surface area contributed by atoms with Crippen molar-refractivity contribution >= 4 is 0 Å². The van der Waals surface area contributed by atoms with E-state index in [2.05, 4.69) is 62.4 Å². The van der Waals surface area contributed by atoms with Crippen LogP contribution < -0.4 is 0 Å². The Balaban J connectivity index is 1.67. The lowest BCUT2D eigenvalue weighted by Crippen LogP contribution is -2.13. The summed E-state index contributed by atoms with van der Waals surface area (Å²) >= 11 is 0. The van der Waals surface area contributed by atoms with Gasteiger partial charge in [-0.25, -0.2) is 0 Å². The molecule has 2 aromatic carbocycles. The van der Waals surface area contributed by atoms with Gasteiger partial charge in [0, 0.05) is 0 Å². The van der Waals surface area contributed by atoms with E-state index in [4.69, 9.17) is 0 Å². The normalized spacial score (nSPS) is 19.6. The summed E-state index contributed by atoms with van der Waals surface area (Å²) in [7, 11) is 0. The second kappa shape index (κ2) is 9.75. The van der Waals surface area contributed by atoms with Gasteiger partial charge in [0.15, 0.2) is 0 Å². The molecule has 2 aromatic rings. The second-order valence-corrected chi connectivity index (χ2v) is 8.22. The van der Waals surface area contributed by atoms with Gasteiger partial charge in [-0.05, 0) is 72.3 Å². The molecule has 0 heterocycles. The van der Waals surface area contributed by atoms with E-state index in [-0.39, 0.29) is 0 Å². The Labute approximate surface area is 165 Å². The van der Waals surface area contributed by atoms with Crippen molar-refractivity contribution < 1.29 is 0 Å². The average molecular weight is 360 g/mol. The smallest absolute Gasteiger partial charge is 0.0994 e. The first-order valence-electron chi connectivity index (χ1n) is 10.9. The van der Waals surface area contributed by atoms with Crippen LogP contribution in [0, 0.1) is 17.2 Å². The van der Waals surface area contributed by atoms with Crippen LogP contribution in [0.2, 0.25) is 0 Å². The molecule has 1 aliphatic carbocycles. The minimum atomic E-state index is 0.735. The van der Waals surface area contributed by atoms with Crippen LogP contribution >= 0.6 is 0 Å². The number of aryl methyl sites for hydroxylation is 1. The van der Waals surface area contributed by atoms with Crippen molar-refractivity contribution in [2.75, 3.05) is 0 Å². The molecular weight excluding hydrogens is 326 g/mol. The van der Waals surface area contributed by atoms with Crippen molar-refractivity contribution in [1.82, 2.24) is 0 Å². The average Bonchev–Trinajstić information content (AvgIpc) is 2.73. The lowest BCUT2D eigenvalue weighted by molar-refractivity contribution is 0.304. The molecule has 0 saturated heterocycles. The Hall–Kier alpha value is -2.07. The predicted octanol–water partition coefficient (Wildman–Crippen LogP) is 7.64. The first-order valence-corrected chi connectivity index (χ1v) is 10.9. The summed E-state index contributed by atoms with van der Waals surface area (Å²) in [5.41, 5.74) is 5.86. The molecule has 1 nitrogen and oxygen atoms in total. The van der Waals surface area contributed by atoms with Crippen molar-refractivity contribution in [2.45, 2.75) is 77.6 Å². The topological polar surface area (TPSA) is 23.8 Å². The number of benzene rings is 2. The lowest BCUT2D eigenvalue weighted by Gasteiger charge is -2.29. The number of rotatable bonds is 7. The quantitative estimate of drug-likeness (QED) is 0.498. The Morgan fingerprint density at radius 3 is 2.22 bits per heavy atom. The maximum atomic E-state index is 9.46. The van der Waals surface area contributed by atoms with E-state index >= 15 is 0 Å². The van der Waals surface area contributed by atoms with Crippen LogP contribution in [0.15, 0.2) is 42.5 Å². The van der Waals surface area contributed by atoms with Crippen LogP contribution in [0.3, 0.4) is 0 Å². The van der Waals surface area contributed by atoms with Crippen LogP contribution in [-0.4, -0.2) is 0 Å². The van der Waals surface area contributed by atoms with Crippen molar-refractivity contribution in [3.05, 3.63) is 59.2 Å². The largest absolute Gasteiger partial charge is 0.192 e. The summed E-state index contributed by atoms with van der Waals surface area (Å²) < 4.78 is 0. The summed E-state index contributed by atoms with van der Waals surface area (Å²) in [5, 5.41) is 9.46. The highest BCUT2D eigenvalue weighted by atomic mass is 14.3. The molecule has 0 aromatic heterocycles. The van der Waals surface area contributed by atoms with Gasteiger partial charge in [-0.15, -0.1) is 0 Å². The third-order valence-electron chi connectivity index (χ3n) is 6.28. The molecule has 1 saturated carbocycles. The maximum absolute atomic E-state index is 9.46. The number of nitriles is 1. The van der Waals surface area contributed by atoms with E-state index in [9.17, 15) is 5.26 Å². The minimum absolute atomic E-state index is 0.735. The van der Waals surface area contributed by atoms with Gasteiger partial charge in [0.25, 0.3) is 0 Å². The predicted molar refractivity (Wildman–Crippen MR) is 115 cm³/mol. The molecule has 0 bridgehead atoms. The lowest BCUT2D eigenvalue weighted by atomic mass is 9.77. The highest BCUT2D eigenvalue weighted by Crippen LogP contribution is 2.38. The monoisotopic (exact) mass is 359 g/mol. The molecule has 0 amide bonds. The van der Waals surface area contributed by atoms with Gasteiger partial charge in [-0.1, -0.05) is 75.9 Å². The molecule has 0 aliphatic heterocycles. The molecule has 0 radical (unpaired) electrons. The van der Waals surface area contributed by atoms with Crippen LogP contribution in [0.5, 0.6) is 0 Å². The Kier molecular flexibility index (Phi) is 7.11. The Morgan fingerprint density at radius 1 is 0.889 bits per heavy atom. The first kappa shape index (κ1) is 19.7. The SMILES string of the molecule is CCCC[C@H]1CC[C@H](c2ccc(-c3ccc(CCC)c(C#N)c3)cc2)CC1. The fourth-order valence-corrected chi connectivity index (χ4v) is 4.57. The van der Waals surface area contributed by atoms with Gasteiger partial charge >= 0.3 is 0 Å². The number of hydrogen-bond donors (Lipinski definition) is 0. The molecule has 27 heavy (non-hydrogen) atoms. The van der Waals surface area contributed by atoms with Gasteiger partial charge < -0.3 is 0 Å². The summed E-state index contributed by atoms with van der Waals surface area (Å²) in [6.45, 7) is 4.45. The minimum Gasteiger partial charge on any atom is -0.192 e. The summed E-state index contributed by atoms with van der Waals surface area (Å²) in [5.74, 6) is 1.70. The molecule has 1 heteroatoms. The fourth-order valence-electron chi connectivity index (χ4n) is 4.57. The van der Waals surface area contributed by atoms with Crippen molar-refractivity contribution in [1.29, 1.82) is 5.26 Å². The van der Waals surface area contributed by atoms with Crippen molar-refractivity contribution in [3.63, 3.8) is 0 Å². The molecule has 1 aliphatic rings. The highest BCUT2D eigenvalue weighted by molar-refractivity contribution is 5.66. The fraction of sp³-hybridized carbons (Fsp3) is 0.500. The summed E-state index contributed by atoms with van der Waals surface area (Å²) in [4.78, 5) is 0. The molecule has 0 atom stereocenters. The molecule has 142 valence electrons. The molecular formula is C26H33N. The van der Waals surface area contributed by atoms with E-state index in [1.165, 1.54) is 61.6 Å². The van der Waals surface area contributed by atoms with Crippen LogP contribution in [-0.2, 0) is 6.42 Å². The van der Waals surface area contributed by atoms with E-state index < -0.39 is 0 Å². The van der Waals surface area contributed by atoms with Crippen LogP contribution in [0.25, 0.3) is 11.1 Å². The van der Waals surface area contributed by atoms with Crippen molar-refractivity contribution in [3.8, 4) is 17.2 Å². The molecule has 3 rings (SSSR count). The summed E-state index contributed by atoms with van der Waals surface area (Å²) in [6.07, 6.45) is 11.7. The number of unbranched alkanes of at least 4 members (excludes halogenated alkanes) is 1. The Morgan fingerprint density at radius 2 is 1.59 bits per heavy atom. The Bertz CT molecular complexity index is 758. The molecule has 0 N–H and O–H groups in total. The van der Waals surface area contributed by atoms with Gasteiger partial charge in [0.05, 0.1) is 11.6 Å². The molecule has 1 fully saturated rings. The van der Waals surface area contributed by atoms with Gasteiger partial charge in [-0.3, -0.25) is 0 Å². The highest BCUT2D eigenvalue weighted by Gasteiger charge is 2.21. The zero-order valence-electron chi connectivity index (χ0n) is 17.0. The zero-order chi connectivity index (χ0) is 19.1. The van der Waals surface area contributed by atoms with Crippen molar-refractivity contribution in [2.24, 2.45) is 5.92 Å². The third kappa shape index (κ3) is 5.01. The zero-order valence-corrected chi connectivity index (χ0v) is 17.0. The second-order valence-electron chi connectivity index (χ2n) is 8.22. The third-order valence-corrected chi connectivity index (χ3v) is 6.28. The van der Waals surface area contributed by atoms with Gasteiger partial charge in [0.1, 0.15) is 0 Å². The van der Waals surface area contributed by atoms with E-state index in [1.54, 1.807) is 0 Å².